The molecule has 0 aliphatic rings. The van der Waals surface area contributed by atoms with Gasteiger partial charge in [0.2, 0.25) is 0 Å². The molecule has 0 N–H and O–H groups in total. The average molecular weight is 280 g/mol. The predicted molar refractivity (Wildman–Crippen MR) is 79.2 cm³/mol. The number of fused-ring (bicyclic) bond motifs is 1. The molecular weight excluding hydrogens is 268 g/mol. The van der Waals surface area contributed by atoms with E-state index in [1.807, 2.05) is 30.3 Å². The number of esters is 1. The highest BCUT2D eigenvalue weighted by Crippen LogP contribution is 2.24. The van der Waals surface area contributed by atoms with Crippen LogP contribution < -0.4 is 10.2 Å². The summed E-state index contributed by atoms with van der Waals surface area (Å²) in [6, 6.07) is 15.5. The fourth-order valence-electron chi connectivity index (χ4n) is 2.11. The lowest BCUT2D eigenvalue weighted by Gasteiger charge is -2.05. The third-order valence-corrected chi connectivity index (χ3v) is 3.02. The van der Waals surface area contributed by atoms with Gasteiger partial charge in [0, 0.05) is 24.6 Å². The minimum atomic E-state index is -0.420. The van der Waals surface area contributed by atoms with Crippen molar-refractivity contribution in [1.29, 1.82) is 0 Å². The van der Waals surface area contributed by atoms with Crippen LogP contribution in [0.1, 0.15) is 6.92 Å². The van der Waals surface area contributed by atoms with Crippen molar-refractivity contribution in [2.24, 2.45) is 0 Å². The van der Waals surface area contributed by atoms with Crippen LogP contribution in [0, 0.1) is 0 Å². The maximum atomic E-state index is 12.1. The van der Waals surface area contributed by atoms with E-state index in [1.165, 1.54) is 13.0 Å². The first kappa shape index (κ1) is 13.1. The van der Waals surface area contributed by atoms with Gasteiger partial charge in [-0.1, -0.05) is 30.3 Å². The molecule has 3 rings (SSSR count). The molecule has 0 atom stereocenters. The topological polar surface area (TPSA) is 56.5 Å². The van der Waals surface area contributed by atoms with Crippen molar-refractivity contribution < 1.29 is 13.9 Å². The molecule has 0 aliphatic carbocycles. The van der Waals surface area contributed by atoms with Gasteiger partial charge in [0.25, 0.3) is 0 Å². The van der Waals surface area contributed by atoms with Crippen molar-refractivity contribution in [2.75, 3.05) is 0 Å². The van der Waals surface area contributed by atoms with Gasteiger partial charge < -0.3 is 9.15 Å². The Morgan fingerprint density at radius 2 is 1.81 bits per heavy atom. The van der Waals surface area contributed by atoms with E-state index in [0.717, 1.165) is 5.56 Å². The second-order valence-electron chi connectivity index (χ2n) is 4.59. The Kier molecular flexibility index (Phi) is 3.28. The molecule has 104 valence electrons. The van der Waals surface area contributed by atoms with Crippen LogP contribution >= 0.6 is 0 Å². The number of carbonyl (C=O) groups excluding carboxylic acids is 1. The highest BCUT2D eigenvalue weighted by atomic mass is 16.5. The maximum absolute atomic E-state index is 12.1. The summed E-state index contributed by atoms with van der Waals surface area (Å²) in [7, 11) is 0. The molecule has 1 heterocycles. The van der Waals surface area contributed by atoms with Gasteiger partial charge in [-0.25, -0.2) is 0 Å². The fourth-order valence-corrected chi connectivity index (χ4v) is 2.11. The van der Waals surface area contributed by atoms with E-state index in [4.69, 9.17) is 9.15 Å². The summed E-state index contributed by atoms with van der Waals surface area (Å²) in [6.07, 6.45) is 0. The molecule has 3 aromatic rings. The highest BCUT2D eigenvalue weighted by molar-refractivity contribution is 5.81. The lowest BCUT2D eigenvalue weighted by molar-refractivity contribution is -0.131. The Bertz CT molecular complexity index is 863. The van der Waals surface area contributed by atoms with Crippen LogP contribution in [-0.2, 0) is 4.79 Å². The Morgan fingerprint density at radius 3 is 2.52 bits per heavy atom. The number of rotatable bonds is 2. The number of carbonyl (C=O) groups is 1. The number of benzene rings is 2. The smallest absolute Gasteiger partial charge is 0.308 e. The lowest BCUT2D eigenvalue weighted by atomic mass is 10.1. The second kappa shape index (κ2) is 5.25. The summed E-state index contributed by atoms with van der Waals surface area (Å²) in [5.41, 5.74) is 1.07. The zero-order valence-electron chi connectivity index (χ0n) is 11.3. The first-order chi connectivity index (χ1) is 10.1. The van der Waals surface area contributed by atoms with Crippen molar-refractivity contribution in [3.8, 4) is 17.1 Å². The molecule has 0 aliphatic heterocycles. The standard InChI is InChI=1S/C17H12O4/c1-11(18)20-13-7-8-14-15(19)10-16(21-17(14)9-13)12-5-3-2-4-6-12/h2-10H,1H3. The van der Waals surface area contributed by atoms with Gasteiger partial charge in [-0.15, -0.1) is 0 Å². The van der Waals surface area contributed by atoms with E-state index in [0.29, 0.717) is 22.5 Å². The minimum Gasteiger partial charge on any atom is -0.456 e. The summed E-state index contributed by atoms with van der Waals surface area (Å²) >= 11 is 0. The largest absolute Gasteiger partial charge is 0.456 e. The van der Waals surface area contributed by atoms with E-state index in [1.54, 1.807) is 18.2 Å². The summed E-state index contributed by atoms with van der Waals surface area (Å²) in [5, 5.41) is 0.450. The van der Waals surface area contributed by atoms with Crippen LogP contribution in [0.25, 0.3) is 22.3 Å². The first-order valence-corrected chi connectivity index (χ1v) is 6.45. The number of hydrogen-bond acceptors (Lipinski definition) is 4. The molecule has 4 heteroatoms. The Morgan fingerprint density at radius 1 is 1.05 bits per heavy atom. The van der Waals surface area contributed by atoms with Crippen LogP contribution in [-0.4, -0.2) is 5.97 Å². The quantitative estimate of drug-likeness (QED) is 0.533. The van der Waals surface area contributed by atoms with Crippen molar-refractivity contribution in [3.63, 3.8) is 0 Å². The highest BCUT2D eigenvalue weighted by Gasteiger charge is 2.08. The van der Waals surface area contributed by atoms with Gasteiger partial charge in [-0.05, 0) is 12.1 Å². The van der Waals surface area contributed by atoms with E-state index in [9.17, 15) is 9.59 Å². The molecule has 2 aromatic carbocycles. The summed E-state index contributed by atoms with van der Waals surface area (Å²) < 4.78 is 10.8. The zero-order valence-corrected chi connectivity index (χ0v) is 11.3. The predicted octanol–water partition coefficient (Wildman–Crippen LogP) is 3.39. The van der Waals surface area contributed by atoms with Crippen molar-refractivity contribution >= 4 is 16.9 Å². The third kappa shape index (κ3) is 2.69. The Labute approximate surface area is 120 Å². The second-order valence-corrected chi connectivity index (χ2v) is 4.59. The molecule has 0 unspecified atom stereocenters. The molecule has 1 aromatic heterocycles. The molecule has 0 fully saturated rings. The molecule has 0 saturated heterocycles. The SMILES string of the molecule is CC(=O)Oc1ccc2c(=O)cc(-c3ccccc3)oc2c1. The van der Waals surface area contributed by atoms with Gasteiger partial charge >= 0.3 is 5.97 Å². The summed E-state index contributed by atoms with van der Waals surface area (Å²) in [5.74, 6) is 0.410. The molecule has 0 saturated carbocycles. The lowest BCUT2D eigenvalue weighted by Crippen LogP contribution is -2.03. The van der Waals surface area contributed by atoms with Crippen molar-refractivity contribution in [2.45, 2.75) is 6.92 Å². The van der Waals surface area contributed by atoms with Crippen LogP contribution in [0.2, 0.25) is 0 Å². The molecule has 0 spiro atoms. The maximum Gasteiger partial charge on any atom is 0.308 e. The molecule has 0 amide bonds. The van der Waals surface area contributed by atoms with Crippen LogP contribution in [0.5, 0.6) is 5.75 Å². The monoisotopic (exact) mass is 280 g/mol. The number of ether oxygens (including phenoxy) is 1. The Hall–Kier alpha value is -2.88. The van der Waals surface area contributed by atoms with Gasteiger partial charge in [0.05, 0.1) is 5.39 Å². The molecule has 0 bridgehead atoms. The molecule has 21 heavy (non-hydrogen) atoms. The summed E-state index contributed by atoms with van der Waals surface area (Å²) in [6.45, 7) is 1.32. The van der Waals surface area contributed by atoms with Crippen molar-refractivity contribution in [3.05, 3.63) is 64.8 Å². The zero-order chi connectivity index (χ0) is 14.8. The molecule has 4 nitrogen and oxygen atoms in total. The normalized spacial score (nSPS) is 10.5. The third-order valence-electron chi connectivity index (χ3n) is 3.02. The van der Waals surface area contributed by atoms with Crippen molar-refractivity contribution in [1.82, 2.24) is 0 Å². The summed E-state index contributed by atoms with van der Waals surface area (Å²) in [4.78, 5) is 23.1. The first-order valence-electron chi connectivity index (χ1n) is 6.45. The van der Waals surface area contributed by atoms with Gasteiger partial charge in [0.15, 0.2) is 5.43 Å². The van der Waals surface area contributed by atoms with Crippen LogP contribution in [0.3, 0.4) is 0 Å². The molecule has 0 radical (unpaired) electrons. The van der Waals surface area contributed by atoms with Crippen LogP contribution in [0.15, 0.2) is 63.8 Å². The minimum absolute atomic E-state index is 0.135. The Balaban J connectivity index is 2.17. The number of hydrogen-bond donors (Lipinski definition) is 0. The van der Waals surface area contributed by atoms with Gasteiger partial charge in [0.1, 0.15) is 17.1 Å². The van der Waals surface area contributed by atoms with Gasteiger partial charge in [-0.2, -0.15) is 0 Å². The molecular formula is C17H12O4. The van der Waals surface area contributed by atoms with E-state index >= 15 is 0 Å². The fraction of sp³-hybridized carbons (Fsp3) is 0.0588. The van der Waals surface area contributed by atoms with E-state index in [2.05, 4.69) is 0 Å². The van der Waals surface area contributed by atoms with Gasteiger partial charge in [-0.3, -0.25) is 9.59 Å². The van der Waals surface area contributed by atoms with E-state index < -0.39 is 5.97 Å². The van der Waals surface area contributed by atoms with Crippen LogP contribution in [0.4, 0.5) is 0 Å². The van der Waals surface area contributed by atoms with E-state index in [-0.39, 0.29) is 5.43 Å². The average Bonchev–Trinajstić information content (AvgIpc) is 2.47.